The number of ether oxygens (including phenoxy) is 1. The van der Waals surface area contributed by atoms with Crippen LogP contribution in [0, 0.1) is 17.2 Å². The van der Waals surface area contributed by atoms with E-state index in [4.69, 9.17) is 9.72 Å². The topological polar surface area (TPSA) is 117 Å². The molecule has 4 aliphatic heterocycles. The van der Waals surface area contributed by atoms with Crippen LogP contribution in [0.4, 0.5) is 5.82 Å². The summed E-state index contributed by atoms with van der Waals surface area (Å²) < 4.78 is 7.98. The Labute approximate surface area is 250 Å². The molecule has 10 rings (SSSR count). The third-order valence-corrected chi connectivity index (χ3v) is 10.8. The van der Waals surface area contributed by atoms with E-state index in [1.165, 1.54) is 37.7 Å². The van der Waals surface area contributed by atoms with Crippen molar-refractivity contribution >= 4 is 11.3 Å². The molecule has 10 nitrogen and oxygen atoms in total. The minimum absolute atomic E-state index is 0.416. The summed E-state index contributed by atoms with van der Waals surface area (Å²) in [5.41, 5.74) is 4.84. The van der Waals surface area contributed by atoms with Crippen LogP contribution in [0.15, 0.2) is 61.3 Å². The van der Waals surface area contributed by atoms with Gasteiger partial charge in [-0.25, -0.2) is 9.50 Å². The highest BCUT2D eigenvalue weighted by atomic mass is 16.5. The molecule has 43 heavy (non-hydrogen) atoms. The minimum Gasteiger partial charge on any atom is -0.477 e. The summed E-state index contributed by atoms with van der Waals surface area (Å²) in [5, 5.41) is 21.6. The van der Waals surface area contributed by atoms with Crippen LogP contribution in [0.1, 0.15) is 43.2 Å². The molecule has 10 heteroatoms. The molecule has 2 N–H and O–H groups in total. The van der Waals surface area contributed by atoms with Crippen LogP contribution in [-0.4, -0.2) is 74.0 Å². The molecule has 8 heterocycles. The van der Waals surface area contributed by atoms with Crippen LogP contribution < -0.4 is 20.3 Å². The molecular formula is C33H35N9O. The number of hydrogen-bond donors (Lipinski definition) is 2. The Hall–Kier alpha value is -4.04. The fourth-order valence-corrected chi connectivity index (χ4v) is 8.61. The van der Waals surface area contributed by atoms with Crippen molar-refractivity contribution in [3.8, 4) is 22.9 Å². The van der Waals surface area contributed by atoms with Crippen molar-refractivity contribution in [3.63, 3.8) is 0 Å². The number of nitrogens with zero attached hydrogens (tertiary/aromatic N) is 7. The van der Waals surface area contributed by atoms with Gasteiger partial charge >= 0.3 is 0 Å². The quantitative estimate of drug-likeness (QED) is 0.242. The SMILES string of the molecule is N#Cc1cnn2cc(OCN[C@H]3C[C@@H]4CC[C@H]5NC45C3)cc(-c3ccc(N4CC5CC(C4)N5Cc4cccnc4)nc3)c12. The Morgan fingerprint density at radius 1 is 1.12 bits per heavy atom. The lowest BCUT2D eigenvalue weighted by Crippen LogP contribution is -2.68. The van der Waals surface area contributed by atoms with E-state index in [1.54, 1.807) is 10.7 Å². The smallest absolute Gasteiger partial charge is 0.140 e. The summed E-state index contributed by atoms with van der Waals surface area (Å²) in [6.07, 6.45) is 15.6. The van der Waals surface area contributed by atoms with Gasteiger partial charge in [-0.3, -0.25) is 15.2 Å². The highest BCUT2D eigenvalue weighted by Gasteiger charge is 2.65. The number of anilines is 1. The Bertz CT molecular complexity index is 1700. The molecule has 2 saturated carbocycles. The normalized spacial score (nSPS) is 30.5. The summed E-state index contributed by atoms with van der Waals surface area (Å²) >= 11 is 0. The fourth-order valence-electron chi connectivity index (χ4n) is 8.61. The van der Waals surface area contributed by atoms with Crippen molar-refractivity contribution in [1.29, 1.82) is 5.26 Å². The summed E-state index contributed by atoms with van der Waals surface area (Å²) in [5.74, 6) is 2.52. The van der Waals surface area contributed by atoms with E-state index >= 15 is 0 Å². The van der Waals surface area contributed by atoms with Gasteiger partial charge in [0.05, 0.1) is 23.5 Å². The number of hydrogen-bond acceptors (Lipinski definition) is 9. The average Bonchev–Trinajstić information content (AvgIpc) is 3.30. The Balaban J connectivity index is 0.899. The van der Waals surface area contributed by atoms with Crippen molar-refractivity contribution in [3.05, 3.63) is 72.4 Å². The lowest BCUT2D eigenvalue weighted by molar-refractivity contribution is -0.00875. The van der Waals surface area contributed by atoms with Crippen LogP contribution in [0.3, 0.4) is 0 Å². The molecule has 4 saturated heterocycles. The van der Waals surface area contributed by atoms with E-state index in [0.717, 1.165) is 59.8 Å². The standard InChI is InChI=1S/C33H35N9O/c34-12-23-15-38-42-19-28(43-20-37-25-8-24-4-5-30-33(24,11-25)39-30)10-29(32(23)42)22-3-6-31(36-14-22)40-17-26-9-27(18-40)41(26)16-21-2-1-7-35-13-21/h1-3,6-7,10,13-15,19,24-27,30,37,39H,4-5,8-9,11,16-18,20H2/t24-,25-,26?,27?,30+,33?/m0/s1. The van der Waals surface area contributed by atoms with Crippen LogP contribution in [0.2, 0.25) is 0 Å². The molecule has 0 amide bonds. The molecule has 6 atom stereocenters. The number of nitriles is 1. The maximum absolute atomic E-state index is 9.80. The number of nitrogens with one attached hydrogen (secondary N) is 2. The molecule has 2 bridgehead atoms. The van der Waals surface area contributed by atoms with Crippen molar-refractivity contribution in [2.45, 2.75) is 68.4 Å². The summed E-state index contributed by atoms with van der Waals surface area (Å²) in [6, 6.07) is 15.0. The highest BCUT2D eigenvalue weighted by molar-refractivity contribution is 5.85. The summed E-state index contributed by atoms with van der Waals surface area (Å²) in [4.78, 5) is 14.2. The molecule has 6 fully saturated rings. The van der Waals surface area contributed by atoms with Gasteiger partial charge in [-0.05, 0) is 67.9 Å². The number of rotatable bonds is 8. The Kier molecular flexibility index (Phi) is 5.77. The molecule has 1 spiro atoms. The van der Waals surface area contributed by atoms with Gasteiger partial charge in [0, 0.05) is 79.1 Å². The molecule has 3 unspecified atom stereocenters. The van der Waals surface area contributed by atoms with Gasteiger partial charge in [0.15, 0.2) is 0 Å². The zero-order valence-electron chi connectivity index (χ0n) is 24.1. The molecule has 6 aliphatic rings. The highest BCUT2D eigenvalue weighted by Crippen LogP contribution is 2.56. The second-order valence-corrected chi connectivity index (χ2v) is 13.1. The molecule has 218 valence electrons. The van der Waals surface area contributed by atoms with Gasteiger partial charge in [0.25, 0.3) is 0 Å². The lowest BCUT2D eigenvalue weighted by atomic mass is 9.87. The van der Waals surface area contributed by atoms with E-state index in [9.17, 15) is 5.26 Å². The summed E-state index contributed by atoms with van der Waals surface area (Å²) in [7, 11) is 0. The lowest BCUT2D eigenvalue weighted by Gasteiger charge is -2.56. The first-order valence-corrected chi connectivity index (χ1v) is 15.6. The molecule has 0 radical (unpaired) electrons. The van der Waals surface area contributed by atoms with Gasteiger partial charge in [-0.1, -0.05) is 6.07 Å². The average molecular weight is 574 g/mol. The van der Waals surface area contributed by atoms with Gasteiger partial charge in [0.2, 0.25) is 0 Å². The largest absolute Gasteiger partial charge is 0.477 e. The van der Waals surface area contributed by atoms with Crippen molar-refractivity contribution in [2.75, 3.05) is 24.7 Å². The summed E-state index contributed by atoms with van der Waals surface area (Å²) in [6.45, 7) is 3.36. The predicted molar refractivity (Wildman–Crippen MR) is 161 cm³/mol. The molecule has 2 aliphatic carbocycles. The number of aromatic nitrogens is 4. The van der Waals surface area contributed by atoms with Crippen molar-refractivity contribution in [1.82, 2.24) is 35.1 Å². The zero-order chi connectivity index (χ0) is 28.5. The Morgan fingerprint density at radius 2 is 2.05 bits per heavy atom. The fraction of sp³-hybridized carbons (Fsp3) is 0.455. The second-order valence-electron chi connectivity index (χ2n) is 13.1. The third-order valence-electron chi connectivity index (χ3n) is 10.8. The van der Waals surface area contributed by atoms with Gasteiger partial charge in [0.1, 0.15) is 24.4 Å². The molecule has 4 aromatic heterocycles. The number of piperidine rings is 2. The first kappa shape index (κ1) is 25.5. The van der Waals surface area contributed by atoms with Crippen LogP contribution >= 0.6 is 0 Å². The van der Waals surface area contributed by atoms with E-state index in [1.807, 2.05) is 36.9 Å². The maximum Gasteiger partial charge on any atom is 0.140 e. The van der Waals surface area contributed by atoms with E-state index < -0.39 is 0 Å². The molecule has 0 aromatic carbocycles. The monoisotopic (exact) mass is 573 g/mol. The van der Waals surface area contributed by atoms with Gasteiger partial charge in [-0.2, -0.15) is 10.4 Å². The third kappa shape index (κ3) is 4.21. The number of piperazine rings is 1. The van der Waals surface area contributed by atoms with E-state index in [2.05, 4.69) is 54.8 Å². The first-order valence-electron chi connectivity index (χ1n) is 15.6. The van der Waals surface area contributed by atoms with Crippen LogP contribution in [-0.2, 0) is 6.54 Å². The van der Waals surface area contributed by atoms with Gasteiger partial charge < -0.3 is 15.0 Å². The zero-order valence-corrected chi connectivity index (χ0v) is 24.1. The van der Waals surface area contributed by atoms with E-state index in [0.29, 0.717) is 36.0 Å². The van der Waals surface area contributed by atoms with Gasteiger partial charge in [-0.15, -0.1) is 0 Å². The first-order chi connectivity index (χ1) is 21.2. The Morgan fingerprint density at radius 3 is 2.81 bits per heavy atom. The number of pyridine rings is 3. The van der Waals surface area contributed by atoms with E-state index in [-0.39, 0.29) is 0 Å². The van der Waals surface area contributed by atoms with Crippen LogP contribution in [0.5, 0.6) is 5.75 Å². The van der Waals surface area contributed by atoms with Crippen molar-refractivity contribution in [2.24, 2.45) is 5.92 Å². The maximum atomic E-state index is 9.80. The van der Waals surface area contributed by atoms with Crippen molar-refractivity contribution < 1.29 is 4.74 Å². The number of fused-ring (bicyclic) bond motifs is 3. The molecular weight excluding hydrogens is 538 g/mol. The second kappa shape index (κ2) is 9.74. The minimum atomic E-state index is 0.416. The predicted octanol–water partition coefficient (Wildman–Crippen LogP) is 3.33. The molecule has 4 aromatic rings. The van der Waals surface area contributed by atoms with Crippen LogP contribution in [0.25, 0.3) is 16.6 Å².